The summed E-state index contributed by atoms with van der Waals surface area (Å²) in [5.41, 5.74) is 6.48. The van der Waals surface area contributed by atoms with Crippen LogP contribution in [0.2, 0.25) is 0 Å². The molecule has 110 valence electrons. The summed E-state index contributed by atoms with van der Waals surface area (Å²) in [7, 11) is 0. The van der Waals surface area contributed by atoms with E-state index in [1.165, 1.54) is 0 Å². The Balaban J connectivity index is 0.000000217. The molecule has 1 aromatic carbocycles. The van der Waals surface area contributed by atoms with E-state index in [2.05, 4.69) is 5.32 Å². The molecule has 0 bridgehead atoms. The highest BCUT2D eigenvalue weighted by molar-refractivity contribution is 5.73. The van der Waals surface area contributed by atoms with Crippen LogP contribution in [-0.4, -0.2) is 34.7 Å². The number of benzene rings is 1. The highest BCUT2D eigenvalue weighted by Gasteiger charge is 2.20. The van der Waals surface area contributed by atoms with Crippen molar-refractivity contribution in [2.45, 2.75) is 31.3 Å². The van der Waals surface area contributed by atoms with E-state index < -0.39 is 18.0 Å². The van der Waals surface area contributed by atoms with Gasteiger partial charge in [-0.3, -0.25) is 9.59 Å². The van der Waals surface area contributed by atoms with Gasteiger partial charge in [0.25, 0.3) is 0 Å². The second-order valence-electron chi connectivity index (χ2n) is 4.60. The van der Waals surface area contributed by atoms with Gasteiger partial charge in [0.2, 0.25) is 0 Å². The van der Waals surface area contributed by atoms with Gasteiger partial charge >= 0.3 is 11.9 Å². The highest BCUT2D eigenvalue weighted by Crippen LogP contribution is 2.12. The van der Waals surface area contributed by atoms with Gasteiger partial charge in [-0.05, 0) is 24.9 Å². The van der Waals surface area contributed by atoms with Crippen molar-refractivity contribution in [3.63, 3.8) is 0 Å². The van der Waals surface area contributed by atoms with Gasteiger partial charge in [-0.25, -0.2) is 0 Å². The molecule has 0 spiro atoms. The van der Waals surface area contributed by atoms with Crippen LogP contribution in [0.5, 0.6) is 0 Å². The number of carbonyl (C=O) groups is 2. The second kappa shape index (κ2) is 8.29. The Morgan fingerprint density at radius 2 is 1.95 bits per heavy atom. The molecular weight excluding hydrogens is 260 g/mol. The fourth-order valence-electron chi connectivity index (χ4n) is 1.90. The molecule has 1 aromatic rings. The fraction of sp³-hybridized carbons (Fsp3) is 0.429. The summed E-state index contributed by atoms with van der Waals surface area (Å²) in [5, 5.41) is 19.7. The lowest BCUT2D eigenvalue weighted by Gasteiger charge is -2.07. The number of carboxylic acid groups (broad SMARTS) is 2. The minimum Gasteiger partial charge on any atom is -0.481 e. The molecule has 6 nitrogen and oxygen atoms in total. The maximum atomic E-state index is 10.3. The fourth-order valence-corrected chi connectivity index (χ4v) is 1.90. The Kier molecular flexibility index (Phi) is 6.69. The molecule has 5 N–H and O–H groups in total. The van der Waals surface area contributed by atoms with Gasteiger partial charge in [0, 0.05) is 6.04 Å². The van der Waals surface area contributed by atoms with Crippen LogP contribution in [0.25, 0.3) is 0 Å². The molecule has 0 amide bonds. The van der Waals surface area contributed by atoms with Crippen molar-refractivity contribution >= 4 is 11.9 Å². The number of nitrogens with one attached hydrogen (secondary N) is 1. The van der Waals surface area contributed by atoms with Gasteiger partial charge < -0.3 is 21.3 Å². The first kappa shape index (κ1) is 16.1. The maximum absolute atomic E-state index is 10.3. The molecule has 1 heterocycles. The molecule has 0 aliphatic carbocycles. The van der Waals surface area contributed by atoms with E-state index in [1.54, 1.807) is 0 Å². The molecule has 1 unspecified atom stereocenters. The average Bonchev–Trinajstić information content (AvgIpc) is 2.94. The van der Waals surface area contributed by atoms with Gasteiger partial charge in [0.05, 0.1) is 6.42 Å². The van der Waals surface area contributed by atoms with E-state index in [9.17, 15) is 9.59 Å². The Morgan fingerprint density at radius 3 is 2.35 bits per heavy atom. The number of hydrogen-bond acceptors (Lipinski definition) is 4. The number of aliphatic carboxylic acids is 2. The smallest absolute Gasteiger partial charge is 0.320 e. The lowest BCUT2D eigenvalue weighted by atomic mass is 10.1. The molecule has 0 radical (unpaired) electrons. The van der Waals surface area contributed by atoms with Crippen molar-refractivity contribution < 1.29 is 19.8 Å². The van der Waals surface area contributed by atoms with Crippen molar-refractivity contribution in [2.24, 2.45) is 5.73 Å². The summed E-state index contributed by atoms with van der Waals surface area (Å²) < 4.78 is 0. The molecule has 1 aliphatic rings. The molecular formula is C14H20N2O4. The van der Waals surface area contributed by atoms with Gasteiger partial charge in [0.1, 0.15) is 6.04 Å². The molecule has 20 heavy (non-hydrogen) atoms. The summed E-state index contributed by atoms with van der Waals surface area (Å²) in [6.07, 6.45) is 1.76. The number of carboxylic acids is 2. The lowest BCUT2D eigenvalue weighted by molar-refractivity contribution is -0.139. The van der Waals surface area contributed by atoms with Crippen molar-refractivity contribution in [3.8, 4) is 0 Å². The molecule has 0 saturated carbocycles. The van der Waals surface area contributed by atoms with Crippen LogP contribution in [0.1, 0.15) is 30.9 Å². The van der Waals surface area contributed by atoms with Gasteiger partial charge in [-0.15, -0.1) is 0 Å². The third-order valence-electron chi connectivity index (χ3n) is 2.98. The molecule has 1 aliphatic heterocycles. The van der Waals surface area contributed by atoms with Crippen LogP contribution in [0.15, 0.2) is 30.3 Å². The van der Waals surface area contributed by atoms with E-state index in [4.69, 9.17) is 15.9 Å². The number of nitrogens with two attached hydrogens (primary N) is 1. The second-order valence-corrected chi connectivity index (χ2v) is 4.60. The topological polar surface area (TPSA) is 113 Å². The Hall–Kier alpha value is -1.92. The molecule has 6 heteroatoms. The first-order chi connectivity index (χ1) is 9.50. The van der Waals surface area contributed by atoms with Crippen LogP contribution >= 0.6 is 0 Å². The van der Waals surface area contributed by atoms with Crippen molar-refractivity contribution in [1.82, 2.24) is 5.32 Å². The summed E-state index contributed by atoms with van der Waals surface area (Å²) in [6.45, 7) is 0.858. The SMILES string of the molecule is NC(CC(=O)O)c1ccccc1.O=C(O)[C@@H]1CCCN1. The Bertz CT molecular complexity index is 430. The number of rotatable bonds is 4. The predicted molar refractivity (Wildman–Crippen MR) is 74.3 cm³/mol. The maximum Gasteiger partial charge on any atom is 0.320 e. The largest absolute Gasteiger partial charge is 0.481 e. The van der Waals surface area contributed by atoms with Crippen LogP contribution in [0.3, 0.4) is 0 Å². The third kappa shape index (κ3) is 5.81. The van der Waals surface area contributed by atoms with E-state index in [0.29, 0.717) is 0 Å². The summed E-state index contributed by atoms with van der Waals surface area (Å²) >= 11 is 0. The van der Waals surface area contributed by atoms with Gasteiger partial charge in [-0.2, -0.15) is 0 Å². The minimum atomic E-state index is -0.869. The first-order valence-electron chi connectivity index (χ1n) is 6.49. The third-order valence-corrected chi connectivity index (χ3v) is 2.98. The zero-order valence-electron chi connectivity index (χ0n) is 11.2. The Labute approximate surface area is 117 Å². The molecule has 2 atom stereocenters. The zero-order chi connectivity index (χ0) is 15.0. The van der Waals surface area contributed by atoms with Crippen LogP contribution < -0.4 is 11.1 Å². The summed E-state index contributed by atoms with van der Waals surface area (Å²) in [5.74, 6) is -1.59. The molecule has 1 saturated heterocycles. The van der Waals surface area contributed by atoms with E-state index >= 15 is 0 Å². The van der Waals surface area contributed by atoms with E-state index in [1.807, 2.05) is 30.3 Å². The van der Waals surface area contributed by atoms with E-state index in [-0.39, 0.29) is 12.5 Å². The summed E-state index contributed by atoms with van der Waals surface area (Å²) in [4.78, 5) is 20.4. The minimum absolute atomic E-state index is 0.0238. The van der Waals surface area contributed by atoms with Crippen molar-refractivity contribution in [1.29, 1.82) is 0 Å². The number of hydrogen-bond donors (Lipinski definition) is 4. The zero-order valence-corrected chi connectivity index (χ0v) is 11.2. The summed E-state index contributed by atoms with van der Waals surface area (Å²) in [6, 6.07) is 8.55. The lowest BCUT2D eigenvalue weighted by Crippen LogP contribution is -2.29. The quantitative estimate of drug-likeness (QED) is 0.654. The normalized spacial score (nSPS) is 18.8. The Morgan fingerprint density at radius 1 is 1.30 bits per heavy atom. The van der Waals surface area contributed by atoms with Crippen LogP contribution in [-0.2, 0) is 9.59 Å². The highest BCUT2D eigenvalue weighted by atomic mass is 16.4. The van der Waals surface area contributed by atoms with E-state index in [0.717, 1.165) is 24.9 Å². The standard InChI is InChI=1S/C9H11NO2.C5H9NO2/c10-8(6-9(11)12)7-4-2-1-3-5-7;7-5(8)4-2-1-3-6-4/h1-5,8H,6,10H2,(H,11,12);4,6H,1-3H2,(H,7,8)/t;4-/m.0/s1. The van der Waals surface area contributed by atoms with Gasteiger partial charge in [-0.1, -0.05) is 30.3 Å². The van der Waals surface area contributed by atoms with Crippen LogP contribution in [0.4, 0.5) is 0 Å². The van der Waals surface area contributed by atoms with Gasteiger partial charge in [0.15, 0.2) is 0 Å². The molecule has 2 rings (SSSR count). The monoisotopic (exact) mass is 280 g/mol. The molecule has 1 fully saturated rings. The van der Waals surface area contributed by atoms with Crippen molar-refractivity contribution in [2.75, 3.05) is 6.54 Å². The first-order valence-corrected chi connectivity index (χ1v) is 6.49. The average molecular weight is 280 g/mol. The molecule has 0 aromatic heterocycles. The predicted octanol–water partition coefficient (Wildman–Crippen LogP) is 0.984. The van der Waals surface area contributed by atoms with Crippen molar-refractivity contribution in [3.05, 3.63) is 35.9 Å². The van der Waals surface area contributed by atoms with Crippen LogP contribution in [0, 0.1) is 0 Å².